The van der Waals surface area contributed by atoms with Gasteiger partial charge in [0, 0.05) is 11.4 Å². The molecule has 0 aliphatic heterocycles. The molecule has 0 saturated heterocycles. The van der Waals surface area contributed by atoms with Gasteiger partial charge >= 0.3 is 0 Å². The quantitative estimate of drug-likeness (QED) is 0.586. The first-order valence-corrected chi connectivity index (χ1v) is 3.88. The van der Waals surface area contributed by atoms with Gasteiger partial charge in [0.25, 0.3) is 0 Å². The number of nitrogens with two attached hydrogens (primary N) is 2. The maximum atomic E-state index is 4.62. The molecule has 0 bridgehead atoms. The number of pyridine rings is 1. The summed E-state index contributed by atoms with van der Waals surface area (Å²) in [5.74, 6) is 0. The second kappa shape index (κ2) is 5.49. The number of thiocarbonyl (C=S) groups is 1. The number of hydrogen-bond acceptors (Lipinski definition) is 2. The molecule has 0 radical (unpaired) electrons. The van der Waals surface area contributed by atoms with Crippen LogP contribution in [0.25, 0.3) is 0 Å². The van der Waals surface area contributed by atoms with E-state index in [9.17, 15) is 0 Å². The molecule has 0 saturated carbocycles. The summed E-state index contributed by atoms with van der Waals surface area (Å²) in [5.41, 5.74) is 11.4. The van der Waals surface area contributed by atoms with E-state index in [1.807, 2.05) is 32.0 Å². The molecule has 0 aliphatic carbocycles. The minimum Gasteiger partial charge on any atom is -0.377 e. The summed E-state index contributed by atoms with van der Waals surface area (Å²) >= 11 is 4.09. The molecule has 4 N–H and O–H groups in total. The number of aryl methyl sites for hydroxylation is 2. The second-order valence-electron chi connectivity index (χ2n) is 2.32. The molecule has 0 aromatic carbocycles. The van der Waals surface area contributed by atoms with E-state index in [2.05, 4.69) is 28.7 Å². The van der Waals surface area contributed by atoms with Gasteiger partial charge in [-0.25, -0.2) is 0 Å². The fourth-order valence-corrected chi connectivity index (χ4v) is 0.679. The van der Waals surface area contributed by atoms with Crippen molar-refractivity contribution in [2.45, 2.75) is 13.8 Å². The Balaban J connectivity index is 0.000000261. The van der Waals surface area contributed by atoms with Crippen LogP contribution in [0.2, 0.25) is 0 Å². The van der Waals surface area contributed by atoms with Crippen molar-refractivity contribution >= 4 is 17.3 Å². The summed E-state index contributed by atoms with van der Waals surface area (Å²) in [5, 5.41) is 0.000000000000000222. The van der Waals surface area contributed by atoms with Gasteiger partial charge in [0.2, 0.25) is 0 Å². The van der Waals surface area contributed by atoms with Gasteiger partial charge in [-0.1, -0.05) is 6.07 Å². The van der Waals surface area contributed by atoms with Gasteiger partial charge in [-0.05, 0) is 38.2 Å². The summed E-state index contributed by atoms with van der Waals surface area (Å²) < 4.78 is 0. The van der Waals surface area contributed by atoms with Crippen LogP contribution in [0.5, 0.6) is 0 Å². The lowest BCUT2D eigenvalue weighted by Crippen LogP contribution is -2.18. The van der Waals surface area contributed by atoms with E-state index in [-0.39, 0.29) is 5.11 Å². The van der Waals surface area contributed by atoms with Crippen molar-refractivity contribution < 1.29 is 0 Å². The molecule has 0 unspecified atom stereocenters. The Morgan fingerprint density at radius 1 is 1.25 bits per heavy atom. The van der Waals surface area contributed by atoms with Crippen molar-refractivity contribution in [2.24, 2.45) is 11.5 Å². The summed E-state index contributed by atoms with van der Waals surface area (Å²) in [6, 6.07) is 6.00. The molecule has 12 heavy (non-hydrogen) atoms. The molecule has 0 aliphatic rings. The molecule has 1 heterocycles. The zero-order valence-electron chi connectivity index (χ0n) is 7.24. The first-order valence-electron chi connectivity index (χ1n) is 3.47. The van der Waals surface area contributed by atoms with E-state index in [4.69, 9.17) is 0 Å². The molecule has 1 rings (SSSR count). The lowest BCUT2D eigenvalue weighted by molar-refractivity contribution is 1.12. The lowest BCUT2D eigenvalue weighted by Gasteiger charge is -1.90. The third-order valence-electron chi connectivity index (χ3n) is 1.03. The molecule has 66 valence electrons. The highest BCUT2D eigenvalue weighted by atomic mass is 32.1. The van der Waals surface area contributed by atoms with Crippen molar-refractivity contribution in [2.75, 3.05) is 0 Å². The third kappa shape index (κ3) is 6.95. The molecular formula is C8H13N3S. The van der Waals surface area contributed by atoms with E-state index >= 15 is 0 Å². The van der Waals surface area contributed by atoms with E-state index < -0.39 is 0 Å². The number of rotatable bonds is 0. The minimum absolute atomic E-state index is 0.000000000000000222. The van der Waals surface area contributed by atoms with Gasteiger partial charge in [0.05, 0.1) is 0 Å². The largest absolute Gasteiger partial charge is 0.377 e. The van der Waals surface area contributed by atoms with Crippen LogP contribution in [0.15, 0.2) is 18.2 Å². The van der Waals surface area contributed by atoms with Crippen molar-refractivity contribution in [3.63, 3.8) is 0 Å². The highest BCUT2D eigenvalue weighted by molar-refractivity contribution is 7.80. The Kier molecular flexibility index (Phi) is 4.96. The molecular weight excluding hydrogens is 170 g/mol. The lowest BCUT2D eigenvalue weighted by atomic mass is 10.3. The van der Waals surface area contributed by atoms with Crippen molar-refractivity contribution in [1.29, 1.82) is 0 Å². The topological polar surface area (TPSA) is 64.9 Å². The standard InChI is InChI=1S/C7H9N.CH4N2S/c1-6-4-3-5-7(2)8-6;2-1(3)4/h3-5H,1-2H3;(H4,2,3,4). The van der Waals surface area contributed by atoms with Gasteiger partial charge in [0.1, 0.15) is 0 Å². The minimum atomic E-state index is 0.000000000000000222. The van der Waals surface area contributed by atoms with Crippen molar-refractivity contribution in [1.82, 2.24) is 4.98 Å². The first-order chi connectivity index (χ1) is 5.52. The SMILES string of the molecule is Cc1cccc(C)n1.NC(N)=S. The Morgan fingerprint density at radius 3 is 1.75 bits per heavy atom. The Bertz CT molecular complexity index is 239. The van der Waals surface area contributed by atoms with Gasteiger partial charge < -0.3 is 11.5 Å². The smallest absolute Gasteiger partial charge is 0.160 e. The summed E-state index contributed by atoms with van der Waals surface area (Å²) in [7, 11) is 0. The summed E-state index contributed by atoms with van der Waals surface area (Å²) in [6.07, 6.45) is 0. The number of nitrogens with zero attached hydrogens (tertiary/aromatic N) is 1. The van der Waals surface area contributed by atoms with E-state index in [1.165, 1.54) is 0 Å². The first kappa shape index (κ1) is 10.8. The monoisotopic (exact) mass is 183 g/mol. The molecule has 0 atom stereocenters. The van der Waals surface area contributed by atoms with Crippen LogP contribution in [0.3, 0.4) is 0 Å². The van der Waals surface area contributed by atoms with E-state index in [0.29, 0.717) is 0 Å². The molecule has 1 aromatic rings. The maximum absolute atomic E-state index is 4.62. The van der Waals surface area contributed by atoms with Crippen LogP contribution in [-0.4, -0.2) is 10.1 Å². The van der Waals surface area contributed by atoms with E-state index in [0.717, 1.165) is 11.4 Å². The number of hydrogen-bond donors (Lipinski definition) is 2. The van der Waals surface area contributed by atoms with Gasteiger partial charge in [0.15, 0.2) is 5.11 Å². The zero-order valence-corrected chi connectivity index (χ0v) is 8.06. The highest BCUT2D eigenvalue weighted by Gasteiger charge is 1.82. The average Bonchev–Trinajstić information content (AvgIpc) is 1.84. The number of aromatic nitrogens is 1. The van der Waals surface area contributed by atoms with Crippen LogP contribution >= 0.6 is 12.2 Å². The van der Waals surface area contributed by atoms with Crippen molar-refractivity contribution in [3.05, 3.63) is 29.6 Å². The predicted octanol–water partition coefficient (Wildman–Crippen LogP) is 0.887. The fourth-order valence-electron chi connectivity index (χ4n) is 0.679. The van der Waals surface area contributed by atoms with Crippen LogP contribution in [0.1, 0.15) is 11.4 Å². The molecule has 0 spiro atoms. The highest BCUT2D eigenvalue weighted by Crippen LogP contribution is 1.93. The van der Waals surface area contributed by atoms with Crippen LogP contribution in [0, 0.1) is 13.8 Å². The van der Waals surface area contributed by atoms with Crippen molar-refractivity contribution in [3.8, 4) is 0 Å². The zero-order chi connectivity index (χ0) is 9.56. The van der Waals surface area contributed by atoms with E-state index in [1.54, 1.807) is 0 Å². The Hall–Kier alpha value is -1.16. The second-order valence-corrected chi connectivity index (χ2v) is 2.79. The van der Waals surface area contributed by atoms with Crippen LogP contribution in [0.4, 0.5) is 0 Å². The van der Waals surface area contributed by atoms with Gasteiger partial charge in [-0.15, -0.1) is 0 Å². The fraction of sp³-hybridized carbons (Fsp3) is 0.250. The third-order valence-corrected chi connectivity index (χ3v) is 1.03. The molecule has 1 aromatic heterocycles. The normalized spacial score (nSPS) is 8.17. The Morgan fingerprint density at radius 2 is 1.58 bits per heavy atom. The molecule has 0 amide bonds. The molecule has 3 nitrogen and oxygen atoms in total. The predicted molar refractivity (Wildman–Crippen MR) is 54.7 cm³/mol. The summed E-state index contributed by atoms with van der Waals surface area (Å²) in [4.78, 5) is 4.17. The van der Waals surface area contributed by atoms with Crippen LogP contribution in [-0.2, 0) is 0 Å². The molecule has 4 heteroatoms. The summed E-state index contributed by atoms with van der Waals surface area (Å²) in [6.45, 7) is 3.99. The van der Waals surface area contributed by atoms with Gasteiger partial charge in [-0.3, -0.25) is 4.98 Å². The van der Waals surface area contributed by atoms with Crippen LogP contribution < -0.4 is 11.5 Å². The molecule has 0 fully saturated rings. The maximum Gasteiger partial charge on any atom is 0.160 e. The average molecular weight is 183 g/mol. The van der Waals surface area contributed by atoms with Gasteiger partial charge in [-0.2, -0.15) is 0 Å². The Labute approximate surface area is 77.8 Å².